The molecule has 0 saturated carbocycles. The highest BCUT2D eigenvalue weighted by Crippen LogP contribution is 2.27. The minimum absolute atomic E-state index is 0.225. The van der Waals surface area contributed by atoms with Crippen LogP contribution in [-0.4, -0.2) is 11.6 Å². The maximum atomic E-state index is 12.6. The monoisotopic (exact) mass is 317 g/mol. The molecule has 0 atom stereocenters. The largest absolute Gasteiger partial charge is 0.457 e. The molecule has 0 saturated heterocycles. The van der Waals surface area contributed by atoms with E-state index < -0.39 is 11.6 Å². The number of para-hydroxylation sites is 1. The fourth-order valence-corrected chi connectivity index (χ4v) is 2.25. The number of benzene rings is 3. The average molecular weight is 317 g/mol. The van der Waals surface area contributed by atoms with Crippen LogP contribution < -0.4 is 10.5 Å². The summed E-state index contributed by atoms with van der Waals surface area (Å²) in [6.07, 6.45) is 0. The molecule has 0 aliphatic heterocycles. The van der Waals surface area contributed by atoms with E-state index in [0.29, 0.717) is 22.7 Å². The molecule has 0 aliphatic rings. The SMILES string of the molecule is Nc1ccc(Oc2ccccc2C(=O)C(=O)c2ccccc2)cc1. The van der Waals surface area contributed by atoms with Gasteiger partial charge in [0, 0.05) is 11.3 Å². The van der Waals surface area contributed by atoms with Gasteiger partial charge in [-0.15, -0.1) is 0 Å². The molecular weight excluding hydrogens is 302 g/mol. The molecule has 3 rings (SSSR count). The zero-order valence-corrected chi connectivity index (χ0v) is 12.8. The third-order valence-corrected chi connectivity index (χ3v) is 3.48. The van der Waals surface area contributed by atoms with E-state index in [2.05, 4.69) is 0 Å². The van der Waals surface area contributed by atoms with Gasteiger partial charge in [-0.25, -0.2) is 0 Å². The van der Waals surface area contributed by atoms with Gasteiger partial charge in [-0.3, -0.25) is 9.59 Å². The molecule has 0 amide bonds. The van der Waals surface area contributed by atoms with Gasteiger partial charge >= 0.3 is 0 Å². The molecule has 3 aromatic rings. The number of ketones is 2. The summed E-state index contributed by atoms with van der Waals surface area (Å²) < 4.78 is 5.74. The fraction of sp³-hybridized carbons (Fsp3) is 0. The van der Waals surface area contributed by atoms with Gasteiger partial charge in [0.25, 0.3) is 0 Å². The predicted molar refractivity (Wildman–Crippen MR) is 92.5 cm³/mol. The minimum Gasteiger partial charge on any atom is -0.457 e. The number of anilines is 1. The second kappa shape index (κ2) is 6.79. The number of hydrogen-bond acceptors (Lipinski definition) is 4. The van der Waals surface area contributed by atoms with Crippen molar-refractivity contribution in [2.24, 2.45) is 0 Å². The van der Waals surface area contributed by atoms with Crippen molar-refractivity contribution in [1.82, 2.24) is 0 Å². The van der Waals surface area contributed by atoms with Crippen molar-refractivity contribution >= 4 is 17.3 Å². The summed E-state index contributed by atoms with van der Waals surface area (Å²) in [4.78, 5) is 24.9. The number of ether oxygens (including phenoxy) is 1. The van der Waals surface area contributed by atoms with E-state index >= 15 is 0 Å². The van der Waals surface area contributed by atoms with E-state index in [1.807, 2.05) is 0 Å². The number of hydrogen-bond donors (Lipinski definition) is 1. The smallest absolute Gasteiger partial charge is 0.237 e. The summed E-state index contributed by atoms with van der Waals surface area (Å²) in [5.74, 6) is -0.302. The van der Waals surface area contributed by atoms with Crippen LogP contribution in [0.25, 0.3) is 0 Å². The van der Waals surface area contributed by atoms with Gasteiger partial charge in [-0.2, -0.15) is 0 Å². The first kappa shape index (κ1) is 15.5. The molecule has 2 N–H and O–H groups in total. The molecule has 0 spiro atoms. The Hall–Kier alpha value is -3.40. The first-order valence-corrected chi connectivity index (χ1v) is 7.41. The maximum absolute atomic E-state index is 12.6. The van der Waals surface area contributed by atoms with Crippen molar-refractivity contribution in [3.63, 3.8) is 0 Å². The lowest BCUT2D eigenvalue weighted by molar-refractivity contribution is 0.0815. The Morgan fingerprint density at radius 1 is 0.708 bits per heavy atom. The second-order valence-electron chi connectivity index (χ2n) is 5.19. The van der Waals surface area contributed by atoms with E-state index in [4.69, 9.17) is 10.5 Å². The standard InChI is InChI=1S/C20H15NO3/c21-15-10-12-16(13-11-15)24-18-9-5-4-8-17(18)20(23)19(22)14-6-2-1-3-7-14/h1-13H,21H2. The van der Waals surface area contributed by atoms with E-state index in [-0.39, 0.29) is 5.56 Å². The Bertz CT molecular complexity index is 871. The number of carbonyl (C=O) groups excluding carboxylic acids is 2. The highest BCUT2D eigenvalue weighted by Gasteiger charge is 2.21. The molecule has 0 fully saturated rings. The second-order valence-corrected chi connectivity index (χ2v) is 5.19. The number of nitrogen functional groups attached to an aromatic ring is 1. The number of Topliss-reactive ketones (excluding diaryl/α,β-unsaturated/α-hetero) is 2. The Labute approximate surface area is 139 Å². The van der Waals surface area contributed by atoms with E-state index in [1.54, 1.807) is 78.9 Å². The topological polar surface area (TPSA) is 69.4 Å². The average Bonchev–Trinajstić information content (AvgIpc) is 2.63. The Morgan fingerprint density at radius 3 is 2.04 bits per heavy atom. The van der Waals surface area contributed by atoms with Crippen LogP contribution in [0.3, 0.4) is 0 Å². The number of rotatable bonds is 5. The van der Waals surface area contributed by atoms with Crippen LogP contribution in [0, 0.1) is 0 Å². The minimum atomic E-state index is -0.604. The summed E-state index contributed by atoms with van der Waals surface area (Å²) in [5.41, 5.74) is 6.84. The molecule has 0 radical (unpaired) electrons. The van der Waals surface area contributed by atoms with Gasteiger partial charge in [-0.1, -0.05) is 42.5 Å². The Kier molecular flexibility index (Phi) is 4.38. The first-order chi connectivity index (χ1) is 11.6. The summed E-state index contributed by atoms with van der Waals surface area (Å²) in [6, 6.07) is 22.0. The van der Waals surface area contributed by atoms with E-state index in [9.17, 15) is 9.59 Å². The van der Waals surface area contributed by atoms with Crippen molar-refractivity contribution in [2.45, 2.75) is 0 Å². The van der Waals surface area contributed by atoms with Crippen LogP contribution in [-0.2, 0) is 0 Å². The summed E-state index contributed by atoms with van der Waals surface area (Å²) in [7, 11) is 0. The van der Waals surface area contributed by atoms with Gasteiger partial charge in [0.1, 0.15) is 11.5 Å². The summed E-state index contributed by atoms with van der Waals surface area (Å²) >= 11 is 0. The number of carbonyl (C=O) groups is 2. The van der Waals surface area contributed by atoms with Crippen LogP contribution in [0.2, 0.25) is 0 Å². The molecule has 0 heterocycles. The molecular formula is C20H15NO3. The van der Waals surface area contributed by atoms with E-state index in [0.717, 1.165) is 0 Å². The Morgan fingerprint density at radius 2 is 1.33 bits per heavy atom. The van der Waals surface area contributed by atoms with Crippen molar-refractivity contribution in [3.8, 4) is 11.5 Å². The van der Waals surface area contributed by atoms with Crippen LogP contribution in [0.5, 0.6) is 11.5 Å². The van der Waals surface area contributed by atoms with Gasteiger partial charge in [0.15, 0.2) is 0 Å². The van der Waals surface area contributed by atoms with Crippen LogP contribution in [0.15, 0.2) is 78.9 Å². The predicted octanol–water partition coefficient (Wildman–Crippen LogP) is 4.13. The zero-order chi connectivity index (χ0) is 16.9. The van der Waals surface area contributed by atoms with Crippen LogP contribution in [0.1, 0.15) is 20.7 Å². The fourth-order valence-electron chi connectivity index (χ4n) is 2.25. The lowest BCUT2D eigenvalue weighted by Crippen LogP contribution is -2.15. The quantitative estimate of drug-likeness (QED) is 0.436. The normalized spacial score (nSPS) is 10.2. The van der Waals surface area contributed by atoms with Crippen molar-refractivity contribution in [2.75, 3.05) is 5.73 Å². The zero-order valence-electron chi connectivity index (χ0n) is 12.8. The molecule has 0 bridgehead atoms. The maximum Gasteiger partial charge on any atom is 0.237 e. The molecule has 4 nitrogen and oxygen atoms in total. The van der Waals surface area contributed by atoms with Gasteiger partial charge in [-0.05, 0) is 36.4 Å². The molecule has 4 heteroatoms. The summed E-state index contributed by atoms with van der Waals surface area (Å²) in [5, 5.41) is 0. The lowest BCUT2D eigenvalue weighted by atomic mass is 10.0. The van der Waals surface area contributed by atoms with E-state index in [1.165, 1.54) is 0 Å². The third-order valence-electron chi connectivity index (χ3n) is 3.48. The van der Waals surface area contributed by atoms with Gasteiger partial charge < -0.3 is 10.5 Å². The molecule has 0 aliphatic carbocycles. The number of nitrogens with two attached hydrogens (primary N) is 1. The van der Waals surface area contributed by atoms with Gasteiger partial charge in [0.2, 0.25) is 11.6 Å². The molecule has 3 aromatic carbocycles. The summed E-state index contributed by atoms with van der Waals surface area (Å²) in [6.45, 7) is 0. The highest BCUT2D eigenvalue weighted by molar-refractivity contribution is 6.49. The molecule has 0 unspecified atom stereocenters. The molecule has 0 aromatic heterocycles. The molecule has 118 valence electrons. The van der Waals surface area contributed by atoms with Crippen molar-refractivity contribution < 1.29 is 14.3 Å². The van der Waals surface area contributed by atoms with Crippen LogP contribution in [0.4, 0.5) is 5.69 Å². The molecule has 24 heavy (non-hydrogen) atoms. The third kappa shape index (κ3) is 3.33. The Balaban J connectivity index is 1.90. The highest BCUT2D eigenvalue weighted by atomic mass is 16.5. The van der Waals surface area contributed by atoms with Gasteiger partial charge in [0.05, 0.1) is 5.56 Å². The van der Waals surface area contributed by atoms with Crippen molar-refractivity contribution in [1.29, 1.82) is 0 Å². The lowest BCUT2D eigenvalue weighted by Gasteiger charge is -2.10. The van der Waals surface area contributed by atoms with Crippen LogP contribution >= 0.6 is 0 Å². The first-order valence-electron chi connectivity index (χ1n) is 7.41. The van der Waals surface area contributed by atoms with Crippen molar-refractivity contribution in [3.05, 3.63) is 90.0 Å².